The summed E-state index contributed by atoms with van der Waals surface area (Å²) in [5, 5.41) is 4.41. The van der Waals surface area contributed by atoms with E-state index in [4.69, 9.17) is 4.98 Å². The summed E-state index contributed by atoms with van der Waals surface area (Å²) in [5.41, 5.74) is 6.95. The van der Waals surface area contributed by atoms with Gasteiger partial charge in [-0.25, -0.2) is 14.3 Å². The Morgan fingerprint density at radius 1 is 1.21 bits per heavy atom. The summed E-state index contributed by atoms with van der Waals surface area (Å²) in [6, 6.07) is 4.25. The molecule has 3 aliphatic rings. The van der Waals surface area contributed by atoms with Gasteiger partial charge in [0.1, 0.15) is 12.0 Å². The highest BCUT2D eigenvalue weighted by Crippen LogP contribution is 2.31. The molecule has 6 heterocycles. The van der Waals surface area contributed by atoms with Crippen molar-refractivity contribution in [2.75, 3.05) is 23.4 Å². The summed E-state index contributed by atoms with van der Waals surface area (Å²) in [7, 11) is 0. The van der Waals surface area contributed by atoms with Crippen LogP contribution >= 0.6 is 0 Å². The molecule has 0 radical (unpaired) electrons. The lowest BCUT2D eigenvalue weighted by atomic mass is 10.0. The van der Waals surface area contributed by atoms with Gasteiger partial charge in [0, 0.05) is 44.4 Å². The number of hydrogen-bond acceptors (Lipinski definition) is 7. The maximum Gasteiger partial charge on any atom is 0.308 e. The zero-order valence-corrected chi connectivity index (χ0v) is 18.6. The molecule has 1 unspecified atom stereocenters. The van der Waals surface area contributed by atoms with Crippen molar-refractivity contribution < 1.29 is 4.39 Å². The van der Waals surface area contributed by atoms with Crippen LogP contribution in [0.4, 0.5) is 15.9 Å². The van der Waals surface area contributed by atoms with Crippen LogP contribution < -0.4 is 15.9 Å². The summed E-state index contributed by atoms with van der Waals surface area (Å²) in [6.45, 7) is 6.83. The normalized spacial score (nSPS) is 19.9. The minimum absolute atomic E-state index is 0.111. The predicted octanol–water partition coefficient (Wildman–Crippen LogP) is 2.17. The Kier molecular flexibility index (Phi) is 4.58. The first-order valence-electron chi connectivity index (χ1n) is 11.2. The van der Waals surface area contributed by atoms with Crippen LogP contribution in [-0.2, 0) is 19.5 Å². The molecule has 170 valence electrons. The lowest BCUT2D eigenvalue weighted by Crippen LogP contribution is -2.52. The Morgan fingerprint density at radius 2 is 2.09 bits per heavy atom. The minimum atomic E-state index is -0.823. The van der Waals surface area contributed by atoms with Crippen LogP contribution in [0, 0.1) is 12.7 Å². The number of rotatable bonds is 2. The molecule has 3 aliphatic heterocycles. The molecule has 0 spiro atoms. The van der Waals surface area contributed by atoms with Gasteiger partial charge in [0.15, 0.2) is 5.82 Å². The van der Waals surface area contributed by atoms with E-state index >= 15 is 0 Å². The fourth-order valence-corrected chi connectivity index (χ4v) is 5.01. The fraction of sp³-hybridized carbons (Fsp3) is 0.391. The molecule has 10 heteroatoms. The van der Waals surface area contributed by atoms with Gasteiger partial charge >= 0.3 is 5.56 Å². The predicted molar refractivity (Wildman–Crippen MR) is 122 cm³/mol. The van der Waals surface area contributed by atoms with Crippen molar-refractivity contribution in [2.24, 2.45) is 0 Å². The largest absolute Gasteiger partial charge is 0.325 e. The molecule has 6 rings (SSSR count). The molecule has 0 amide bonds. The van der Waals surface area contributed by atoms with E-state index in [-0.39, 0.29) is 11.9 Å². The Balaban J connectivity index is 1.29. The van der Waals surface area contributed by atoms with Crippen molar-refractivity contribution in [1.82, 2.24) is 29.3 Å². The topological polar surface area (TPSA) is 84.1 Å². The third kappa shape index (κ3) is 3.24. The molecule has 3 aromatic rings. The van der Waals surface area contributed by atoms with Crippen LogP contribution in [0.1, 0.15) is 36.1 Å². The van der Waals surface area contributed by atoms with E-state index in [0.29, 0.717) is 12.4 Å². The summed E-state index contributed by atoms with van der Waals surface area (Å²) < 4.78 is 17.4. The second kappa shape index (κ2) is 7.51. The number of fused-ring (bicyclic) bond motifs is 3. The summed E-state index contributed by atoms with van der Waals surface area (Å²) >= 11 is 0. The minimum Gasteiger partial charge on any atom is -0.325 e. The van der Waals surface area contributed by atoms with Gasteiger partial charge in [0.2, 0.25) is 5.82 Å². The average molecular weight is 449 g/mol. The van der Waals surface area contributed by atoms with Crippen LogP contribution in [0.5, 0.6) is 0 Å². The molecule has 33 heavy (non-hydrogen) atoms. The molecule has 1 atom stereocenters. The zero-order chi connectivity index (χ0) is 22.7. The zero-order valence-electron chi connectivity index (χ0n) is 18.6. The first-order chi connectivity index (χ1) is 16.0. The second-order valence-corrected chi connectivity index (χ2v) is 8.87. The number of halogens is 1. The molecule has 0 aromatic carbocycles. The first kappa shape index (κ1) is 20.1. The third-order valence-electron chi connectivity index (χ3n) is 6.71. The molecule has 3 aromatic heterocycles. The maximum absolute atomic E-state index is 14.2. The average Bonchev–Trinajstić information content (AvgIpc) is 3.31. The standard InChI is InChI=1S/C23H25FN8O/c1-14-10-19-27-15(2)21(24)23(33)32(19)28-22(14)29-9-5-18-16(13-29)11-17(12-25-18)30-7-3-8-31-20(30)4-6-26-31/h4,6,10-12,22,28H,3,5,7-9,13H2,1-2H3. The van der Waals surface area contributed by atoms with Gasteiger partial charge in [0.25, 0.3) is 0 Å². The Bertz CT molecular complexity index is 1340. The number of nitrogens with zero attached hydrogens (tertiary/aromatic N) is 7. The lowest BCUT2D eigenvalue weighted by molar-refractivity contribution is 0.205. The van der Waals surface area contributed by atoms with E-state index in [1.807, 2.05) is 36.1 Å². The van der Waals surface area contributed by atoms with Crippen molar-refractivity contribution in [3.63, 3.8) is 0 Å². The lowest BCUT2D eigenvalue weighted by Gasteiger charge is -2.39. The molecule has 9 nitrogen and oxygen atoms in total. The van der Waals surface area contributed by atoms with Crippen molar-refractivity contribution in [3.8, 4) is 0 Å². The third-order valence-corrected chi connectivity index (χ3v) is 6.71. The number of nitrogens with one attached hydrogen (secondary N) is 1. The highest BCUT2D eigenvalue weighted by Gasteiger charge is 2.30. The quantitative estimate of drug-likeness (QED) is 0.643. The highest BCUT2D eigenvalue weighted by molar-refractivity contribution is 5.61. The van der Waals surface area contributed by atoms with Crippen LogP contribution in [0.2, 0.25) is 0 Å². The fourth-order valence-electron chi connectivity index (χ4n) is 5.01. The van der Waals surface area contributed by atoms with Crippen molar-refractivity contribution in [2.45, 2.75) is 45.9 Å². The molecular weight excluding hydrogens is 423 g/mol. The molecule has 0 saturated heterocycles. The first-order valence-corrected chi connectivity index (χ1v) is 11.2. The van der Waals surface area contributed by atoms with Crippen molar-refractivity contribution in [3.05, 3.63) is 69.0 Å². The van der Waals surface area contributed by atoms with E-state index in [1.165, 1.54) is 11.6 Å². The van der Waals surface area contributed by atoms with E-state index in [9.17, 15) is 9.18 Å². The number of anilines is 2. The van der Waals surface area contributed by atoms with Crippen LogP contribution in [-0.4, -0.2) is 48.6 Å². The Labute approximate surface area is 190 Å². The molecule has 0 bridgehead atoms. The SMILES string of the molecule is CC1=Cc2nc(C)c(F)c(=O)n2NC1N1CCc2ncc(N3CCCn4nccc43)cc2C1. The van der Waals surface area contributed by atoms with Gasteiger partial charge in [-0.1, -0.05) is 0 Å². The van der Waals surface area contributed by atoms with Crippen molar-refractivity contribution in [1.29, 1.82) is 0 Å². The van der Waals surface area contributed by atoms with Crippen molar-refractivity contribution >= 4 is 17.6 Å². The second-order valence-electron chi connectivity index (χ2n) is 8.87. The summed E-state index contributed by atoms with van der Waals surface area (Å²) in [4.78, 5) is 26.0. The number of pyridine rings is 1. The Morgan fingerprint density at radius 3 is 2.97 bits per heavy atom. The maximum atomic E-state index is 14.2. The van der Waals surface area contributed by atoms with E-state index in [2.05, 4.69) is 31.4 Å². The molecule has 1 N–H and O–H groups in total. The van der Waals surface area contributed by atoms with Crippen LogP contribution in [0.3, 0.4) is 0 Å². The van der Waals surface area contributed by atoms with E-state index in [0.717, 1.165) is 60.8 Å². The summed E-state index contributed by atoms with van der Waals surface area (Å²) in [5.74, 6) is 0.691. The van der Waals surface area contributed by atoms with E-state index < -0.39 is 11.4 Å². The summed E-state index contributed by atoms with van der Waals surface area (Å²) in [6.07, 6.45) is 7.26. The molecule has 0 saturated carbocycles. The van der Waals surface area contributed by atoms with Gasteiger partial charge in [-0.05, 0) is 43.5 Å². The molecule has 0 aliphatic carbocycles. The molecular formula is C23H25FN8O. The molecule has 0 fully saturated rings. The van der Waals surface area contributed by atoms with Crippen LogP contribution in [0.15, 0.2) is 34.9 Å². The number of aromatic nitrogens is 5. The van der Waals surface area contributed by atoms with Gasteiger partial charge in [-0.15, -0.1) is 0 Å². The van der Waals surface area contributed by atoms with Gasteiger partial charge in [-0.2, -0.15) is 9.49 Å². The smallest absolute Gasteiger partial charge is 0.308 e. The highest BCUT2D eigenvalue weighted by atomic mass is 19.1. The Hall–Kier alpha value is -3.53. The van der Waals surface area contributed by atoms with Gasteiger partial charge in [-0.3, -0.25) is 20.1 Å². The van der Waals surface area contributed by atoms with Gasteiger partial charge in [0.05, 0.1) is 23.8 Å². The number of hydrogen-bond donors (Lipinski definition) is 1. The van der Waals surface area contributed by atoms with E-state index in [1.54, 1.807) is 0 Å². The van der Waals surface area contributed by atoms with Gasteiger partial charge < -0.3 is 4.90 Å². The number of aryl methyl sites for hydroxylation is 2. The monoisotopic (exact) mass is 448 g/mol. The van der Waals surface area contributed by atoms with Crippen LogP contribution in [0.25, 0.3) is 6.08 Å².